The second-order valence-electron chi connectivity index (χ2n) is 8.07. The SMILES string of the molecule is CN(C)CCNS(=O)(=O)c1ccc(N2CCN(Cc3c(F)cccc3Cl)CC2)c([N+](=O)[O-])c1. The van der Waals surface area contributed by atoms with Crippen LogP contribution in [0.1, 0.15) is 5.56 Å². The number of hydrogen-bond acceptors (Lipinski definition) is 7. The summed E-state index contributed by atoms with van der Waals surface area (Å²) in [7, 11) is -0.231. The van der Waals surface area contributed by atoms with Crippen molar-refractivity contribution in [2.24, 2.45) is 0 Å². The van der Waals surface area contributed by atoms with E-state index in [0.29, 0.717) is 55.5 Å². The molecule has 1 fully saturated rings. The monoisotopic (exact) mass is 499 g/mol. The second-order valence-corrected chi connectivity index (χ2v) is 10.2. The molecule has 1 saturated heterocycles. The fourth-order valence-electron chi connectivity index (χ4n) is 3.62. The number of nitrogens with zero attached hydrogens (tertiary/aromatic N) is 4. The van der Waals surface area contributed by atoms with Crippen LogP contribution in [-0.4, -0.2) is 76.5 Å². The van der Waals surface area contributed by atoms with Crippen molar-refractivity contribution in [3.63, 3.8) is 0 Å². The number of piperazine rings is 1. The number of nitro groups is 1. The standard InChI is InChI=1S/C21H27ClFN5O4S/c1-25(2)9-8-24-33(31,32)16-6-7-20(21(14-16)28(29)30)27-12-10-26(11-13-27)15-17-18(22)4-3-5-19(17)23/h3-7,14,24H,8-13,15H2,1-2H3. The van der Waals surface area contributed by atoms with Gasteiger partial charge in [-0.15, -0.1) is 0 Å². The minimum atomic E-state index is -3.87. The van der Waals surface area contributed by atoms with Crippen LogP contribution < -0.4 is 9.62 Å². The maximum absolute atomic E-state index is 14.1. The lowest BCUT2D eigenvalue weighted by Crippen LogP contribution is -2.46. The van der Waals surface area contributed by atoms with Crippen LogP contribution in [0.2, 0.25) is 5.02 Å². The number of nitro benzene ring substituents is 1. The zero-order chi connectivity index (χ0) is 24.2. The van der Waals surface area contributed by atoms with Crippen molar-refractivity contribution in [2.75, 3.05) is 58.3 Å². The topological polar surface area (TPSA) is 99.0 Å². The number of sulfonamides is 1. The van der Waals surface area contributed by atoms with Gasteiger partial charge in [0.25, 0.3) is 5.69 Å². The lowest BCUT2D eigenvalue weighted by molar-refractivity contribution is -0.384. The third-order valence-electron chi connectivity index (χ3n) is 5.46. The van der Waals surface area contributed by atoms with Gasteiger partial charge in [-0.2, -0.15) is 0 Å². The van der Waals surface area contributed by atoms with Gasteiger partial charge in [0, 0.05) is 62.5 Å². The first-order chi connectivity index (χ1) is 15.6. The number of likely N-dealkylation sites (N-methyl/N-ethyl adjacent to an activating group) is 1. The molecule has 1 N–H and O–H groups in total. The van der Waals surface area contributed by atoms with Gasteiger partial charge in [0.15, 0.2) is 0 Å². The van der Waals surface area contributed by atoms with Crippen molar-refractivity contribution in [2.45, 2.75) is 11.4 Å². The molecule has 180 valence electrons. The van der Waals surface area contributed by atoms with Crippen LogP contribution in [0.5, 0.6) is 0 Å². The smallest absolute Gasteiger partial charge is 0.293 e. The highest BCUT2D eigenvalue weighted by atomic mass is 35.5. The fraction of sp³-hybridized carbons (Fsp3) is 0.429. The van der Waals surface area contributed by atoms with E-state index in [1.165, 1.54) is 18.2 Å². The van der Waals surface area contributed by atoms with Crippen LogP contribution in [0.25, 0.3) is 0 Å². The van der Waals surface area contributed by atoms with Crippen LogP contribution >= 0.6 is 11.6 Å². The Morgan fingerprint density at radius 3 is 2.48 bits per heavy atom. The predicted octanol–water partition coefficient (Wildman–Crippen LogP) is 2.55. The van der Waals surface area contributed by atoms with Crippen molar-refractivity contribution in [3.8, 4) is 0 Å². The largest absolute Gasteiger partial charge is 0.363 e. The van der Waals surface area contributed by atoms with E-state index in [9.17, 15) is 22.9 Å². The quantitative estimate of drug-likeness (QED) is 0.418. The predicted molar refractivity (Wildman–Crippen MR) is 126 cm³/mol. The van der Waals surface area contributed by atoms with E-state index >= 15 is 0 Å². The molecular formula is C21H27ClFN5O4S. The minimum absolute atomic E-state index is 0.149. The molecule has 2 aromatic rings. The third-order valence-corrected chi connectivity index (χ3v) is 7.27. The van der Waals surface area contributed by atoms with Gasteiger partial charge >= 0.3 is 0 Å². The fourth-order valence-corrected chi connectivity index (χ4v) is 4.89. The van der Waals surface area contributed by atoms with Crippen LogP contribution in [-0.2, 0) is 16.6 Å². The Kier molecular flexibility index (Phi) is 8.24. The van der Waals surface area contributed by atoms with E-state index in [4.69, 9.17) is 11.6 Å². The zero-order valence-corrected chi connectivity index (χ0v) is 20.1. The molecule has 0 bridgehead atoms. The Morgan fingerprint density at radius 2 is 1.88 bits per heavy atom. The van der Waals surface area contributed by atoms with Crippen LogP contribution in [0.4, 0.5) is 15.8 Å². The highest BCUT2D eigenvalue weighted by Gasteiger charge is 2.27. The summed E-state index contributed by atoms with van der Waals surface area (Å²) in [4.78, 5) is 16.7. The number of halogens is 2. The molecule has 33 heavy (non-hydrogen) atoms. The average Bonchev–Trinajstić information content (AvgIpc) is 2.76. The van der Waals surface area contributed by atoms with E-state index in [1.807, 2.05) is 28.8 Å². The molecule has 0 atom stereocenters. The van der Waals surface area contributed by atoms with E-state index in [-0.39, 0.29) is 22.9 Å². The lowest BCUT2D eigenvalue weighted by atomic mass is 10.1. The molecule has 0 aromatic heterocycles. The van der Waals surface area contributed by atoms with Gasteiger partial charge in [0.1, 0.15) is 11.5 Å². The lowest BCUT2D eigenvalue weighted by Gasteiger charge is -2.36. The summed E-state index contributed by atoms with van der Waals surface area (Å²) in [6, 6.07) is 8.52. The Balaban J connectivity index is 1.71. The third kappa shape index (κ3) is 6.39. The summed E-state index contributed by atoms with van der Waals surface area (Å²) >= 11 is 6.12. The van der Waals surface area contributed by atoms with Crippen LogP contribution in [0.15, 0.2) is 41.3 Å². The molecule has 0 radical (unpaired) electrons. The molecule has 1 aliphatic heterocycles. The average molecular weight is 500 g/mol. The molecule has 0 spiro atoms. The van der Waals surface area contributed by atoms with Crippen LogP contribution in [0, 0.1) is 15.9 Å². The van der Waals surface area contributed by atoms with Gasteiger partial charge in [-0.25, -0.2) is 17.5 Å². The summed E-state index contributed by atoms with van der Waals surface area (Å²) in [6.45, 7) is 3.08. The van der Waals surface area contributed by atoms with E-state index < -0.39 is 14.9 Å². The van der Waals surface area contributed by atoms with Gasteiger partial charge in [0.2, 0.25) is 10.0 Å². The number of anilines is 1. The van der Waals surface area contributed by atoms with E-state index in [2.05, 4.69) is 4.72 Å². The maximum Gasteiger partial charge on any atom is 0.293 e. The van der Waals surface area contributed by atoms with Crippen LogP contribution in [0.3, 0.4) is 0 Å². The Bertz CT molecular complexity index is 1090. The van der Waals surface area contributed by atoms with Gasteiger partial charge in [-0.3, -0.25) is 15.0 Å². The summed E-state index contributed by atoms with van der Waals surface area (Å²) in [5.41, 5.74) is 0.516. The minimum Gasteiger partial charge on any atom is -0.363 e. The summed E-state index contributed by atoms with van der Waals surface area (Å²) < 4.78 is 41.6. The number of nitrogens with one attached hydrogen (secondary N) is 1. The van der Waals surface area contributed by atoms with Crippen molar-refractivity contribution < 1.29 is 17.7 Å². The highest BCUT2D eigenvalue weighted by molar-refractivity contribution is 7.89. The zero-order valence-electron chi connectivity index (χ0n) is 18.5. The highest BCUT2D eigenvalue weighted by Crippen LogP contribution is 2.32. The maximum atomic E-state index is 14.1. The Labute approximate surface area is 197 Å². The number of hydrogen-bond donors (Lipinski definition) is 1. The molecular weight excluding hydrogens is 473 g/mol. The Morgan fingerprint density at radius 1 is 1.18 bits per heavy atom. The van der Waals surface area contributed by atoms with Crippen molar-refractivity contribution in [1.29, 1.82) is 0 Å². The Hall–Kier alpha value is -2.31. The molecule has 12 heteroatoms. The molecule has 1 heterocycles. The van der Waals surface area contributed by atoms with Gasteiger partial charge in [-0.05, 0) is 38.4 Å². The van der Waals surface area contributed by atoms with Crippen molar-refractivity contribution in [3.05, 3.63) is 62.9 Å². The van der Waals surface area contributed by atoms with Crippen molar-refractivity contribution in [1.82, 2.24) is 14.5 Å². The summed E-state index contributed by atoms with van der Waals surface area (Å²) in [5, 5.41) is 12.1. The number of benzene rings is 2. The van der Waals surface area contributed by atoms with Gasteiger partial charge in [0.05, 0.1) is 9.82 Å². The van der Waals surface area contributed by atoms with E-state index in [0.717, 1.165) is 6.07 Å². The van der Waals surface area contributed by atoms with Gasteiger partial charge in [-0.1, -0.05) is 17.7 Å². The molecule has 1 aliphatic rings. The normalized spacial score (nSPS) is 15.2. The molecule has 0 amide bonds. The second kappa shape index (κ2) is 10.7. The molecule has 0 unspecified atom stereocenters. The first-order valence-electron chi connectivity index (χ1n) is 10.4. The molecule has 3 rings (SSSR count). The molecule has 0 saturated carbocycles. The van der Waals surface area contributed by atoms with E-state index in [1.54, 1.807) is 12.1 Å². The molecule has 2 aromatic carbocycles. The molecule has 0 aliphatic carbocycles. The number of rotatable bonds is 9. The first-order valence-corrected chi connectivity index (χ1v) is 12.3. The molecule has 9 nitrogen and oxygen atoms in total. The first kappa shape index (κ1) is 25.3. The van der Waals surface area contributed by atoms with Gasteiger partial charge < -0.3 is 9.80 Å². The summed E-state index contributed by atoms with van der Waals surface area (Å²) in [5.74, 6) is -0.364. The van der Waals surface area contributed by atoms with Crippen molar-refractivity contribution >= 4 is 33.0 Å². The summed E-state index contributed by atoms with van der Waals surface area (Å²) in [6.07, 6.45) is 0.